The Labute approximate surface area is 130 Å². The molecule has 1 aliphatic rings. The number of halogens is 1. The van der Waals surface area contributed by atoms with Crippen molar-refractivity contribution in [2.24, 2.45) is 11.1 Å². The van der Waals surface area contributed by atoms with Gasteiger partial charge in [0.05, 0.1) is 0 Å². The molecule has 1 saturated heterocycles. The average molecular weight is 309 g/mol. The Morgan fingerprint density at radius 2 is 1.95 bits per heavy atom. The summed E-state index contributed by atoms with van der Waals surface area (Å²) in [4.78, 5) is 26.0. The van der Waals surface area contributed by atoms with E-state index in [4.69, 9.17) is 17.3 Å². The van der Waals surface area contributed by atoms with Gasteiger partial charge in [-0.15, -0.1) is 0 Å². The zero-order valence-corrected chi connectivity index (χ0v) is 13.0. The van der Waals surface area contributed by atoms with Gasteiger partial charge in [0, 0.05) is 36.5 Å². The molecule has 0 bridgehead atoms. The number of hydrogen-bond acceptors (Lipinski definition) is 3. The minimum Gasteiger partial charge on any atom is -0.342 e. The van der Waals surface area contributed by atoms with Crippen molar-refractivity contribution in [1.29, 1.82) is 0 Å². The lowest BCUT2D eigenvalue weighted by atomic mass is 9.90. The van der Waals surface area contributed by atoms with E-state index in [1.807, 2.05) is 4.90 Å². The molecule has 2 rings (SSSR count). The summed E-state index contributed by atoms with van der Waals surface area (Å²) < 4.78 is 0. The van der Waals surface area contributed by atoms with Crippen molar-refractivity contribution in [3.05, 3.63) is 34.9 Å². The second-order valence-electron chi connectivity index (χ2n) is 6.01. The van der Waals surface area contributed by atoms with Crippen LogP contribution in [0.15, 0.2) is 24.3 Å². The molecule has 0 radical (unpaired) electrons. The first-order chi connectivity index (χ1) is 9.93. The Kier molecular flexibility index (Phi) is 5.01. The highest BCUT2D eigenvalue weighted by Gasteiger charge is 2.34. The summed E-state index contributed by atoms with van der Waals surface area (Å²) >= 11 is 5.79. The van der Waals surface area contributed by atoms with Gasteiger partial charge in [0.1, 0.15) is 0 Å². The van der Waals surface area contributed by atoms with Crippen LogP contribution >= 0.6 is 11.6 Å². The molecule has 1 atom stereocenters. The Hall–Kier alpha value is -1.39. The van der Waals surface area contributed by atoms with E-state index in [0.29, 0.717) is 23.7 Å². The lowest BCUT2D eigenvalue weighted by Crippen LogP contribution is -2.34. The molecule has 4 nitrogen and oxygen atoms in total. The second kappa shape index (κ2) is 6.58. The van der Waals surface area contributed by atoms with E-state index < -0.39 is 0 Å². The number of ketones is 1. The molecule has 0 aliphatic carbocycles. The van der Waals surface area contributed by atoms with Crippen LogP contribution in [-0.2, 0) is 4.79 Å². The maximum Gasteiger partial charge on any atom is 0.223 e. The molecule has 1 aromatic carbocycles. The molecule has 2 N–H and O–H groups in total. The standard InChI is InChI=1S/C16H21ClN2O2/c1-16(10-18)8-9-19(11-16)15(21)7-6-14(20)12-2-4-13(17)5-3-12/h2-5H,6-11,18H2,1H3. The topological polar surface area (TPSA) is 63.4 Å². The lowest BCUT2D eigenvalue weighted by molar-refractivity contribution is -0.130. The molecular formula is C16H21ClN2O2. The molecule has 0 aromatic heterocycles. The van der Waals surface area contributed by atoms with E-state index in [-0.39, 0.29) is 29.9 Å². The molecule has 1 amide bonds. The zero-order chi connectivity index (χ0) is 15.5. The van der Waals surface area contributed by atoms with Gasteiger partial charge < -0.3 is 10.6 Å². The highest BCUT2D eigenvalue weighted by molar-refractivity contribution is 6.30. The Morgan fingerprint density at radius 3 is 2.52 bits per heavy atom. The lowest BCUT2D eigenvalue weighted by Gasteiger charge is -2.22. The van der Waals surface area contributed by atoms with Gasteiger partial charge in [-0.3, -0.25) is 9.59 Å². The summed E-state index contributed by atoms with van der Waals surface area (Å²) in [5.41, 5.74) is 6.36. The number of nitrogens with two attached hydrogens (primary N) is 1. The van der Waals surface area contributed by atoms with E-state index in [1.165, 1.54) is 0 Å². The van der Waals surface area contributed by atoms with E-state index >= 15 is 0 Å². The molecule has 0 spiro atoms. The van der Waals surface area contributed by atoms with Crippen molar-refractivity contribution < 1.29 is 9.59 Å². The maximum absolute atomic E-state index is 12.2. The smallest absolute Gasteiger partial charge is 0.223 e. The van der Waals surface area contributed by atoms with E-state index in [9.17, 15) is 9.59 Å². The molecule has 21 heavy (non-hydrogen) atoms. The molecule has 1 aliphatic heterocycles. The number of likely N-dealkylation sites (tertiary alicyclic amines) is 1. The van der Waals surface area contributed by atoms with Crippen LogP contribution in [0.25, 0.3) is 0 Å². The predicted octanol–water partition coefficient (Wildman–Crippen LogP) is 2.50. The predicted molar refractivity (Wildman–Crippen MR) is 83.4 cm³/mol. The van der Waals surface area contributed by atoms with Gasteiger partial charge in [0.25, 0.3) is 0 Å². The Balaban J connectivity index is 1.84. The van der Waals surface area contributed by atoms with Crippen LogP contribution in [0, 0.1) is 5.41 Å². The second-order valence-corrected chi connectivity index (χ2v) is 6.45. The SMILES string of the molecule is CC1(CN)CCN(C(=O)CCC(=O)c2ccc(Cl)cc2)C1. The van der Waals surface area contributed by atoms with Crippen molar-refractivity contribution in [1.82, 2.24) is 4.90 Å². The van der Waals surface area contributed by atoms with Crippen molar-refractivity contribution in [3.8, 4) is 0 Å². The van der Waals surface area contributed by atoms with Crippen LogP contribution in [-0.4, -0.2) is 36.2 Å². The molecule has 1 unspecified atom stereocenters. The average Bonchev–Trinajstić information content (AvgIpc) is 2.88. The number of rotatable bonds is 5. The monoisotopic (exact) mass is 308 g/mol. The summed E-state index contributed by atoms with van der Waals surface area (Å²) in [7, 11) is 0. The van der Waals surface area contributed by atoms with Crippen LogP contribution in [0.4, 0.5) is 0 Å². The van der Waals surface area contributed by atoms with Gasteiger partial charge in [-0.1, -0.05) is 18.5 Å². The summed E-state index contributed by atoms with van der Waals surface area (Å²) in [6.45, 7) is 4.11. The van der Waals surface area contributed by atoms with E-state index in [0.717, 1.165) is 13.0 Å². The van der Waals surface area contributed by atoms with Gasteiger partial charge in [-0.2, -0.15) is 0 Å². The number of amides is 1. The van der Waals surface area contributed by atoms with Crippen LogP contribution < -0.4 is 5.73 Å². The minimum atomic E-state index is -0.0270. The van der Waals surface area contributed by atoms with Crippen molar-refractivity contribution in [2.75, 3.05) is 19.6 Å². The Bertz CT molecular complexity index is 530. The van der Waals surface area contributed by atoms with Crippen LogP contribution in [0.2, 0.25) is 5.02 Å². The largest absolute Gasteiger partial charge is 0.342 e. The molecule has 1 aromatic rings. The summed E-state index contributed by atoms with van der Waals surface area (Å²) in [5, 5.41) is 0.598. The summed E-state index contributed by atoms with van der Waals surface area (Å²) in [6.07, 6.45) is 1.42. The highest BCUT2D eigenvalue weighted by Crippen LogP contribution is 2.29. The summed E-state index contributed by atoms with van der Waals surface area (Å²) in [5.74, 6) is 0.00953. The fraction of sp³-hybridized carbons (Fsp3) is 0.500. The number of Topliss-reactive ketones (excluding diaryl/α,β-unsaturated/α-hetero) is 1. The zero-order valence-electron chi connectivity index (χ0n) is 12.3. The fourth-order valence-electron chi connectivity index (χ4n) is 2.56. The van der Waals surface area contributed by atoms with Gasteiger partial charge in [-0.05, 0) is 42.6 Å². The number of nitrogens with zero attached hydrogens (tertiary/aromatic N) is 1. The van der Waals surface area contributed by atoms with Gasteiger partial charge in [0.15, 0.2) is 5.78 Å². The van der Waals surface area contributed by atoms with Gasteiger partial charge >= 0.3 is 0 Å². The first-order valence-electron chi connectivity index (χ1n) is 7.20. The van der Waals surface area contributed by atoms with Crippen LogP contribution in [0.1, 0.15) is 36.5 Å². The third-order valence-corrected chi connectivity index (χ3v) is 4.39. The molecule has 114 valence electrons. The molecular weight excluding hydrogens is 288 g/mol. The quantitative estimate of drug-likeness (QED) is 0.850. The molecule has 1 heterocycles. The normalized spacial score (nSPS) is 21.6. The molecule has 1 fully saturated rings. The van der Waals surface area contributed by atoms with E-state index in [2.05, 4.69) is 6.92 Å². The Morgan fingerprint density at radius 1 is 1.29 bits per heavy atom. The minimum absolute atomic E-state index is 0.0237. The summed E-state index contributed by atoms with van der Waals surface area (Å²) in [6, 6.07) is 6.75. The van der Waals surface area contributed by atoms with Crippen molar-refractivity contribution >= 4 is 23.3 Å². The number of benzene rings is 1. The number of carbonyl (C=O) groups is 2. The molecule has 5 heteroatoms. The van der Waals surface area contributed by atoms with Crippen molar-refractivity contribution in [3.63, 3.8) is 0 Å². The highest BCUT2D eigenvalue weighted by atomic mass is 35.5. The van der Waals surface area contributed by atoms with Gasteiger partial charge in [-0.25, -0.2) is 0 Å². The van der Waals surface area contributed by atoms with Crippen LogP contribution in [0.3, 0.4) is 0 Å². The maximum atomic E-state index is 12.2. The first kappa shape index (κ1) is 16.0. The fourth-order valence-corrected chi connectivity index (χ4v) is 2.69. The third kappa shape index (κ3) is 4.05. The third-order valence-electron chi connectivity index (χ3n) is 4.14. The van der Waals surface area contributed by atoms with E-state index in [1.54, 1.807) is 24.3 Å². The van der Waals surface area contributed by atoms with Crippen molar-refractivity contribution in [2.45, 2.75) is 26.2 Å². The van der Waals surface area contributed by atoms with Gasteiger partial charge in [0.2, 0.25) is 5.91 Å². The first-order valence-corrected chi connectivity index (χ1v) is 7.58. The number of hydrogen-bond donors (Lipinski definition) is 1. The van der Waals surface area contributed by atoms with Crippen LogP contribution in [0.5, 0.6) is 0 Å². The molecule has 0 saturated carbocycles. The number of carbonyl (C=O) groups excluding carboxylic acids is 2.